The maximum absolute atomic E-state index is 13.5. The van der Waals surface area contributed by atoms with Gasteiger partial charge in [-0.05, 0) is 36.8 Å². The zero-order chi connectivity index (χ0) is 17.1. The summed E-state index contributed by atoms with van der Waals surface area (Å²) in [7, 11) is 1.60. The largest absolute Gasteiger partial charge is 0.497 e. The Balaban J connectivity index is 1.63. The lowest BCUT2D eigenvalue weighted by atomic mass is 10.2. The molecule has 5 nitrogen and oxygen atoms in total. The summed E-state index contributed by atoms with van der Waals surface area (Å²) < 4.78 is 19.5. The fourth-order valence-corrected chi connectivity index (χ4v) is 3.14. The van der Waals surface area contributed by atoms with Crippen molar-refractivity contribution in [2.45, 2.75) is 13.5 Å². The molecule has 0 spiro atoms. The van der Waals surface area contributed by atoms with Gasteiger partial charge >= 0.3 is 6.03 Å². The first kappa shape index (κ1) is 16.2. The molecule has 3 aromatic rings. The molecule has 0 atom stereocenters. The first-order valence-electron chi connectivity index (χ1n) is 7.30. The maximum atomic E-state index is 13.5. The van der Waals surface area contributed by atoms with E-state index in [2.05, 4.69) is 15.6 Å². The van der Waals surface area contributed by atoms with Crippen molar-refractivity contribution in [1.29, 1.82) is 0 Å². The summed E-state index contributed by atoms with van der Waals surface area (Å²) in [6.07, 6.45) is 0. The van der Waals surface area contributed by atoms with E-state index in [1.165, 1.54) is 17.4 Å². The minimum Gasteiger partial charge on any atom is -0.497 e. The molecule has 0 bridgehead atoms. The summed E-state index contributed by atoms with van der Waals surface area (Å²) in [5.74, 6) is 0.462. The Labute approximate surface area is 142 Å². The Morgan fingerprint density at radius 1 is 1.25 bits per heavy atom. The topological polar surface area (TPSA) is 63.2 Å². The van der Waals surface area contributed by atoms with Crippen molar-refractivity contribution in [1.82, 2.24) is 10.3 Å². The molecule has 0 saturated heterocycles. The first-order chi connectivity index (χ1) is 11.6. The van der Waals surface area contributed by atoms with E-state index in [1.54, 1.807) is 20.1 Å². The van der Waals surface area contributed by atoms with Crippen molar-refractivity contribution in [3.63, 3.8) is 0 Å². The van der Waals surface area contributed by atoms with Crippen molar-refractivity contribution in [3.8, 4) is 5.75 Å². The normalized spacial score (nSPS) is 10.6. The second-order valence-corrected chi connectivity index (χ2v) is 6.22. The molecule has 1 aromatic heterocycles. The number of halogens is 1. The van der Waals surface area contributed by atoms with Crippen molar-refractivity contribution in [2.75, 3.05) is 12.4 Å². The van der Waals surface area contributed by atoms with Gasteiger partial charge in [0, 0.05) is 12.1 Å². The van der Waals surface area contributed by atoms with Gasteiger partial charge in [-0.2, -0.15) is 0 Å². The number of hydrogen-bond acceptors (Lipinski definition) is 4. The molecule has 24 heavy (non-hydrogen) atoms. The number of benzene rings is 2. The van der Waals surface area contributed by atoms with Crippen LogP contribution in [-0.2, 0) is 6.54 Å². The number of thiazole rings is 1. The zero-order valence-electron chi connectivity index (χ0n) is 13.2. The number of carbonyl (C=O) groups excluding carboxylic acids is 1. The number of carbonyl (C=O) groups is 1. The van der Waals surface area contributed by atoms with Crippen LogP contribution in [0.15, 0.2) is 36.4 Å². The van der Waals surface area contributed by atoms with Crippen molar-refractivity contribution in [3.05, 3.63) is 53.3 Å². The van der Waals surface area contributed by atoms with Crippen molar-refractivity contribution >= 4 is 32.7 Å². The van der Waals surface area contributed by atoms with E-state index in [9.17, 15) is 9.18 Å². The van der Waals surface area contributed by atoms with Crippen LogP contribution in [0.25, 0.3) is 10.2 Å². The van der Waals surface area contributed by atoms with E-state index in [0.717, 1.165) is 16.0 Å². The van der Waals surface area contributed by atoms with Gasteiger partial charge in [-0.25, -0.2) is 14.2 Å². The van der Waals surface area contributed by atoms with Gasteiger partial charge in [0.15, 0.2) is 5.13 Å². The number of fused-ring (bicyclic) bond motifs is 1. The Morgan fingerprint density at radius 3 is 2.71 bits per heavy atom. The summed E-state index contributed by atoms with van der Waals surface area (Å²) in [6, 6.07) is 10.1. The summed E-state index contributed by atoms with van der Waals surface area (Å²) in [6.45, 7) is 2.05. The van der Waals surface area contributed by atoms with Crippen LogP contribution in [-0.4, -0.2) is 18.1 Å². The van der Waals surface area contributed by atoms with Crippen LogP contribution < -0.4 is 15.4 Å². The van der Waals surface area contributed by atoms with Gasteiger partial charge in [0.1, 0.15) is 11.6 Å². The van der Waals surface area contributed by atoms with Crippen LogP contribution in [0.4, 0.5) is 14.3 Å². The zero-order valence-corrected chi connectivity index (χ0v) is 14.0. The standard InChI is InChI=1S/C17H16FN3O2S/c1-10-13(18)7-8-14-15(10)20-17(24-14)21-16(22)19-9-11-3-5-12(23-2)6-4-11/h3-8H,9H2,1-2H3,(H2,19,20,21,22). The van der Waals surface area contributed by atoms with Gasteiger partial charge in [-0.1, -0.05) is 23.5 Å². The number of amides is 2. The van der Waals surface area contributed by atoms with Gasteiger partial charge in [-0.15, -0.1) is 0 Å². The number of ether oxygens (including phenoxy) is 1. The van der Waals surface area contributed by atoms with Crippen LogP contribution in [0.1, 0.15) is 11.1 Å². The minimum absolute atomic E-state index is 0.302. The summed E-state index contributed by atoms with van der Waals surface area (Å²) in [5.41, 5.74) is 2.01. The van der Waals surface area contributed by atoms with Gasteiger partial charge in [0.25, 0.3) is 0 Å². The molecule has 0 saturated carbocycles. The third-order valence-electron chi connectivity index (χ3n) is 3.58. The van der Waals surface area contributed by atoms with E-state index >= 15 is 0 Å². The SMILES string of the molecule is COc1ccc(CNC(=O)Nc2nc3c(C)c(F)ccc3s2)cc1. The predicted molar refractivity (Wildman–Crippen MR) is 93.2 cm³/mol. The molecule has 2 amide bonds. The number of hydrogen-bond donors (Lipinski definition) is 2. The number of urea groups is 1. The van der Waals surface area contributed by atoms with Gasteiger partial charge in [-0.3, -0.25) is 5.32 Å². The van der Waals surface area contributed by atoms with Crippen LogP contribution >= 0.6 is 11.3 Å². The van der Waals surface area contributed by atoms with Gasteiger partial charge in [0.2, 0.25) is 0 Å². The lowest BCUT2D eigenvalue weighted by molar-refractivity contribution is 0.251. The Morgan fingerprint density at radius 2 is 2.00 bits per heavy atom. The average molecular weight is 345 g/mol. The number of rotatable bonds is 4. The molecule has 0 unspecified atom stereocenters. The van der Waals surface area contributed by atoms with Crippen LogP contribution in [0.5, 0.6) is 5.75 Å². The van der Waals surface area contributed by atoms with Crippen molar-refractivity contribution in [2.24, 2.45) is 0 Å². The highest BCUT2D eigenvalue weighted by atomic mass is 32.1. The third kappa shape index (κ3) is 3.46. The van der Waals surface area contributed by atoms with E-state index in [-0.39, 0.29) is 11.8 Å². The fourth-order valence-electron chi connectivity index (χ4n) is 2.22. The second kappa shape index (κ2) is 6.84. The molecule has 0 aliphatic carbocycles. The molecule has 0 aliphatic rings. The van der Waals surface area contributed by atoms with Crippen molar-refractivity contribution < 1.29 is 13.9 Å². The number of aromatic nitrogens is 1. The number of methoxy groups -OCH3 is 1. The molecule has 7 heteroatoms. The molecule has 0 radical (unpaired) electrons. The van der Waals surface area contributed by atoms with Gasteiger partial charge < -0.3 is 10.1 Å². The molecule has 2 aromatic carbocycles. The average Bonchev–Trinajstić information content (AvgIpc) is 3.00. The van der Waals surface area contributed by atoms with E-state index in [1.807, 2.05) is 24.3 Å². The molecular formula is C17H16FN3O2S. The Hall–Kier alpha value is -2.67. The first-order valence-corrected chi connectivity index (χ1v) is 8.12. The lowest BCUT2D eigenvalue weighted by Gasteiger charge is -2.06. The highest BCUT2D eigenvalue weighted by Crippen LogP contribution is 2.29. The second-order valence-electron chi connectivity index (χ2n) is 5.19. The number of anilines is 1. The Kier molecular flexibility index (Phi) is 4.61. The Bertz CT molecular complexity index is 877. The number of nitrogens with zero attached hydrogens (tertiary/aromatic N) is 1. The molecule has 2 N–H and O–H groups in total. The molecule has 0 fully saturated rings. The monoisotopic (exact) mass is 345 g/mol. The molecule has 1 heterocycles. The molecular weight excluding hydrogens is 329 g/mol. The van der Waals surface area contributed by atoms with Crippen LogP contribution in [0, 0.1) is 12.7 Å². The van der Waals surface area contributed by atoms with Crippen LogP contribution in [0.2, 0.25) is 0 Å². The fraction of sp³-hybridized carbons (Fsp3) is 0.176. The van der Waals surface area contributed by atoms with Gasteiger partial charge in [0.05, 0.1) is 17.3 Å². The smallest absolute Gasteiger partial charge is 0.321 e. The maximum Gasteiger partial charge on any atom is 0.321 e. The number of aryl methyl sites for hydroxylation is 1. The lowest BCUT2D eigenvalue weighted by Crippen LogP contribution is -2.28. The summed E-state index contributed by atoms with van der Waals surface area (Å²) in [4.78, 5) is 16.3. The summed E-state index contributed by atoms with van der Waals surface area (Å²) in [5, 5.41) is 5.87. The molecule has 3 rings (SSSR count). The third-order valence-corrected chi connectivity index (χ3v) is 4.52. The highest BCUT2D eigenvalue weighted by molar-refractivity contribution is 7.22. The minimum atomic E-state index is -0.358. The summed E-state index contributed by atoms with van der Waals surface area (Å²) >= 11 is 1.31. The quantitative estimate of drug-likeness (QED) is 0.749. The molecule has 124 valence electrons. The predicted octanol–water partition coefficient (Wildman–Crippen LogP) is 4.07. The van der Waals surface area contributed by atoms with E-state index in [4.69, 9.17) is 4.74 Å². The van der Waals surface area contributed by atoms with Crippen LogP contribution in [0.3, 0.4) is 0 Å². The van der Waals surface area contributed by atoms with E-state index in [0.29, 0.717) is 22.8 Å². The highest BCUT2D eigenvalue weighted by Gasteiger charge is 2.11. The van der Waals surface area contributed by atoms with E-state index < -0.39 is 0 Å². The molecule has 0 aliphatic heterocycles. The number of nitrogens with one attached hydrogen (secondary N) is 2.